The lowest BCUT2D eigenvalue weighted by Gasteiger charge is -2.12. The Kier molecular flexibility index (Phi) is 5.93. The van der Waals surface area contributed by atoms with Crippen molar-refractivity contribution in [3.05, 3.63) is 78.4 Å². The maximum atomic E-state index is 14.6. The number of sulfonamides is 1. The lowest BCUT2D eigenvalue weighted by Crippen LogP contribution is -2.30. The first-order valence-electron chi connectivity index (χ1n) is 8.90. The SMILES string of the molecule is CC(C)NC(=O)c1cccc(NS(=O)(=O)c2ccc(-c3ccncc3)cc2F)c1. The van der Waals surface area contributed by atoms with Gasteiger partial charge in [-0.2, -0.15) is 0 Å². The number of hydrogen-bond donors (Lipinski definition) is 2. The summed E-state index contributed by atoms with van der Waals surface area (Å²) in [5, 5.41) is 2.73. The Morgan fingerprint density at radius 1 is 1.00 bits per heavy atom. The highest BCUT2D eigenvalue weighted by molar-refractivity contribution is 7.92. The molecule has 3 rings (SSSR count). The number of benzene rings is 2. The molecule has 0 unspecified atom stereocenters. The van der Waals surface area contributed by atoms with Crippen LogP contribution < -0.4 is 10.0 Å². The number of rotatable bonds is 6. The highest BCUT2D eigenvalue weighted by Crippen LogP contribution is 2.25. The number of pyridine rings is 1. The van der Waals surface area contributed by atoms with Gasteiger partial charge in [-0.05, 0) is 67.4 Å². The zero-order valence-electron chi connectivity index (χ0n) is 15.9. The molecule has 0 bridgehead atoms. The number of aromatic nitrogens is 1. The third-order valence-electron chi connectivity index (χ3n) is 4.03. The molecule has 1 aromatic heterocycles. The maximum absolute atomic E-state index is 14.6. The Morgan fingerprint density at radius 3 is 2.38 bits per heavy atom. The fourth-order valence-electron chi connectivity index (χ4n) is 2.72. The minimum Gasteiger partial charge on any atom is -0.350 e. The van der Waals surface area contributed by atoms with E-state index in [4.69, 9.17) is 0 Å². The van der Waals surface area contributed by atoms with Gasteiger partial charge in [0.2, 0.25) is 0 Å². The lowest BCUT2D eigenvalue weighted by atomic mass is 10.1. The molecule has 0 aliphatic rings. The van der Waals surface area contributed by atoms with Gasteiger partial charge in [-0.15, -0.1) is 0 Å². The molecule has 6 nitrogen and oxygen atoms in total. The molecule has 0 saturated heterocycles. The van der Waals surface area contributed by atoms with E-state index in [0.717, 1.165) is 11.6 Å². The Balaban J connectivity index is 1.86. The number of carbonyl (C=O) groups is 1. The second-order valence-electron chi connectivity index (χ2n) is 6.70. The fourth-order valence-corrected chi connectivity index (χ4v) is 3.83. The van der Waals surface area contributed by atoms with Crippen molar-refractivity contribution in [1.29, 1.82) is 0 Å². The molecule has 150 valence electrons. The zero-order valence-corrected chi connectivity index (χ0v) is 16.7. The Labute approximate surface area is 168 Å². The summed E-state index contributed by atoms with van der Waals surface area (Å²) < 4.78 is 42.2. The van der Waals surface area contributed by atoms with E-state index in [1.807, 2.05) is 13.8 Å². The zero-order chi connectivity index (χ0) is 21.0. The van der Waals surface area contributed by atoms with Crippen molar-refractivity contribution in [2.45, 2.75) is 24.8 Å². The molecule has 2 N–H and O–H groups in total. The van der Waals surface area contributed by atoms with Crippen molar-refractivity contribution in [2.24, 2.45) is 0 Å². The smallest absolute Gasteiger partial charge is 0.264 e. The predicted octanol–water partition coefficient (Wildman–Crippen LogP) is 3.83. The van der Waals surface area contributed by atoms with Crippen LogP contribution in [0.25, 0.3) is 11.1 Å². The monoisotopic (exact) mass is 413 g/mol. The largest absolute Gasteiger partial charge is 0.350 e. The average molecular weight is 413 g/mol. The summed E-state index contributed by atoms with van der Waals surface area (Å²) in [7, 11) is -4.18. The molecule has 0 aliphatic heterocycles. The van der Waals surface area contributed by atoms with Gasteiger partial charge in [-0.25, -0.2) is 12.8 Å². The van der Waals surface area contributed by atoms with Gasteiger partial charge in [0.1, 0.15) is 10.7 Å². The Bertz CT molecular complexity index is 1130. The molecule has 2 aromatic carbocycles. The minimum absolute atomic E-state index is 0.0594. The van der Waals surface area contributed by atoms with Gasteiger partial charge in [-0.3, -0.25) is 14.5 Å². The van der Waals surface area contributed by atoms with Crippen LogP contribution >= 0.6 is 0 Å². The number of amides is 1. The second-order valence-corrected chi connectivity index (χ2v) is 8.35. The average Bonchev–Trinajstić information content (AvgIpc) is 2.67. The number of hydrogen-bond acceptors (Lipinski definition) is 4. The van der Waals surface area contributed by atoms with Gasteiger partial charge in [0.25, 0.3) is 15.9 Å². The van der Waals surface area contributed by atoms with Gasteiger partial charge in [-0.1, -0.05) is 12.1 Å². The fraction of sp³-hybridized carbons (Fsp3) is 0.143. The number of anilines is 1. The summed E-state index contributed by atoms with van der Waals surface area (Å²) in [6.07, 6.45) is 3.14. The summed E-state index contributed by atoms with van der Waals surface area (Å²) in [6.45, 7) is 3.64. The van der Waals surface area contributed by atoms with Crippen molar-refractivity contribution >= 4 is 21.6 Å². The van der Waals surface area contributed by atoms with Crippen molar-refractivity contribution in [2.75, 3.05) is 4.72 Å². The summed E-state index contributed by atoms with van der Waals surface area (Å²) in [5.74, 6) is -1.20. The van der Waals surface area contributed by atoms with Crippen LogP contribution in [0.1, 0.15) is 24.2 Å². The first kappa shape index (κ1) is 20.5. The molecule has 1 amide bonds. The van der Waals surface area contributed by atoms with Crippen LogP contribution in [-0.2, 0) is 10.0 Å². The second kappa shape index (κ2) is 8.40. The van der Waals surface area contributed by atoms with Crippen molar-refractivity contribution in [3.8, 4) is 11.1 Å². The van der Waals surface area contributed by atoms with E-state index in [1.165, 1.54) is 24.3 Å². The number of nitrogens with zero attached hydrogens (tertiary/aromatic N) is 1. The molecular weight excluding hydrogens is 393 g/mol. The van der Waals surface area contributed by atoms with Crippen LogP contribution in [0, 0.1) is 5.82 Å². The van der Waals surface area contributed by atoms with Crippen LogP contribution in [0.5, 0.6) is 0 Å². The van der Waals surface area contributed by atoms with Gasteiger partial charge in [0.05, 0.1) is 0 Å². The summed E-state index contributed by atoms with van der Waals surface area (Å²) >= 11 is 0. The number of carbonyl (C=O) groups excluding carboxylic acids is 1. The molecule has 0 fully saturated rings. The minimum atomic E-state index is -4.18. The van der Waals surface area contributed by atoms with E-state index >= 15 is 0 Å². The number of halogens is 1. The highest BCUT2D eigenvalue weighted by Gasteiger charge is 2.20. The third kappa shape index (κ3) is 4.97. The molecule has 0 spiro atoms. The van der Waals surface area contributed by atoms with Gasteiger partial charge >= 0.3 is 0 Å². The maximum Gasteiger partial charge on any atom is 0.264 e. The summed E-state index contributed by atoms with van der Waals surface area (Å²) in [6, 6.07) is 13.3. The Morgan fingerprint density at radius 2 is 1.72 bits per heavy atom. The molecule has 3 aromatic rings. The van der Waals surface area contributed by atoms with Gasteiger partial charge < -0.3 is 5.32 Å². The van der Waals surface area contributed by atoms with Crippen LogP contribution in [0.4, 0.5) is 10.1 Å². The van der Waals surface area contributed by atoms with E-state index in [9.17, 15) is 17.6 Å². The lowest BCUT2D eigenvalue weighted by molar-refractivity contribution is 0.0943. The van der Waals surface area contributed by atoms with E-state index in [1.54, 1.807) is 36.7 Å². The van der Waals surface area contributed by atoms with Crippen LogP contribution in [0.15, 0.2) is 71.9 Å². The molecule has 0 atom stereocenters. The molecular formula is C21H20FN3O3S. The topological polar surface area (TPSA) is 88.2 Å². The van der Waals surface area contributed by atoms with Gasteiger partial charge in [0, 0.05) is 29.7 Å². The molecule has 0 saturated carbocycles. The molecule has 1 heterocycles. The molecule has 8 heteroatoms. The van der Waals surface area contributed by atoms with E-state index < -0.39 is 20.7 Å². The number of nitrogens with one attached hydrogen (secondary N) is 2. The quantitative estimate of drug-likeness (QED) is 0.643. The van der Waals surface area contributed by atoms with Crippen molar-refractivity contribution in [1.82, 2.24) is 10.3 Å². The van der Waals surface area contributed by atoms with Crippen LogP contribution in [0.3, 0.4) is 0 Å². The first-order valence-corrected chi connectivity index (χ1v) is 10.4. The standard InChI is InChI=1S/C21H20FN3O3S/c1-14(2)24-21(26)17-4-3-5-18(12-17)25-29(27,28)20-7-6-16(13-19(20)22)15-8-10-23-11-9-15/h3-14,25H,1-2H3,(H,24,26). The van der Waals surface area contributed by atoms with Crippen molar-refractivity contribution in [3.63, 3.8) is 0 Å². The first-order chi connectivity index (χ1) is 13.8. The van der Waals surface area contributed by atoms with Crippen molar-refractivity contribution < 1.29 is 17.6 Å². The molecule has 29 heavy (non-hydrogen) atoms. The van der Waals surface area contributed by atoms with E-state index in [2.05, 4.69) is 15.0 Å². The molecule has 0 aliphatic carbocycles. The summed E-state index contributed by atoms with van der Waals surface area (Å²) in [5.41, 5.74) is 1.72. The van der Waals surface area contributed by atoms with Crippen LogP contribution in [-0.4, -0.2) is 25.4 Å². The van der Waals surface area contributed by atoms with E-state index in [0.29, 0.717) is 11.1 Å². The normalized spacial score (nSPS) is 11.3. The van der Waals surface area contributed by atoms with Crippen LogP contribution in [0.2, 0.25) is 0 Å². The highest BCUT2D eigenvalue weighted by atomic mass is 32.2. The molecule has 0 radical (unpaired) electrons. The third-order valence-corrected chi connectivity index (χ3v) is 5.45. The van der Waals surface area contributed by atoms with E-state index in [-0.39, 0.29) is 17.6 Å². The van der Waals surface area contributed by atoms with Gasteiger partial charge in [0.15, 0.2) is 0 Å². The summed E-state index contributed by atoms with van der Waals surface area (Å²) in [4.78, 5) is 15.5. The Hall–Kier alpha value is -3.26. The predicted molar refractivity (Wildman–Crippen MR) is 109 cm³/mol.